The van der Waals surface area contributed by atoms with Crippen LogP contribution in [0.1, 0.15) is 12.0 Å². The first kappa shape index (κ1) is 14.6. The molecule has 5 heteroatoms. The molecule has 1 unspecified atom stereocenters. The van der Waals surface area contributed by atoms with Gasteiger partial charge in [0.2, 0.25) is 0 Å². The van der Waals surface area contributed by atoms with Crippen LogP contribution in [0.4, 0.5) is 4.39 Å². The van der Waals surface area contributed by atoms with E-state index in [0.29, 0.717) is 13.0 Å². The van der Waals surface area contributed by atoms with E-state index in [1.807, 2.05) is 18.0 Å². The monoisotopic (exact) mass is 254 g/mol. The molecule has 0 radical (unpaired) electrons. The van der Waals surface area contributed by atoms with E-state index in [9.17, 15) is 9.18 Å². The van der Waals surface area contributed by atoms with Crippen molar-refractivity contribution in [2.45, 2.75) is 18.9 Å². The fourth-order valence-corrected chi connectivity index (χ4v) is 1.61. The highest BCUT2D eigenvalue weighted by Crippen LogP contribution is 2.05. The minimum absolute atomic E-state index is 0.233. The summed E-state index contributed by atoms with van der Waals surface area (Å²) in [5, 5.41) is 8.65. The molecule has 0 aromatic heterocycles. The zero-order valence-corrected chi connectivity index (χ0v) is 10.5. The van der Waals surface area contributed by atoms with Crippen molar-refractivity contribution in [3.8, 4) is 0 Å². The van der Waals surface area contributed by atoms with Gasteiger partial charge in [0.25, 0.3) is 0 Å². The lowest BCUT2D eigenvalue weighted by Crippen LogP contribution is -2.34. The molecule has 0 saturated heterocycles. The summed E-state index contributed by atoms with van der Waals surface area (Å²) in [5.41, 5.74) is 6.35. The predicted molar refractivity (Wildman–Crippen MR) is 67.8 cm³/mol. The number of carbonyl (C=O) groups is 1. The first-order chi connectivity index (χ1) is 8.49. The third kappa shape index (κ3) is 5.25. The van der Waals surface area contributed by atoms with Crippen molar-refractivity contribution in [2.75, 3.05) is 20.1 Å². The summed E-state index contributed by atoms with van der Waals surface area (Å²) < 4.78 is 12.9. The number of likely N-dealkylation sites (N-methyl/N-ethyl adjacent to an activating group) is 1. The molecule has 1 atom stereocenters. The van der Waals surface area contributed by atoms with E-state index in [-0.39, 0.29) is 5.82 Å². The van der Waals surface area contributed by atoms with Gasteiger partial charge in [-0.2, -0.15) is 0 Å². The van der Waals surface area contributed by atoms with Gasteiger partial charge in [-0.15, -0.1) is 0 Å². The highest BCUT2D eigenvalue weighted by molar-refractivity contribution is 5.72. The smallest absolute Gasteiger partial charge is 0.320 e. The number of nitrogens with two attached hydrogens (primary N) is 1. The first-order valence-electron chi connectivity index (χ1n) is 5.90. The molecule has 0 aliphatic heterocycles. The number of halogens is 1. The van der Waals surface area contributed by atoms with Crippen molar-refractivity contribution >= 4 is 5.97 Å². The quantitative estimate of drug-likeness (QED) is 0.764. The number of aliphatic carboxylic acids is 1. The van der Waals surface area contributed by atoms with Gasteiger partial charge in [0.1, 0.15) is 11.9 Å². The van der Waals surface area contributed by atoms with Crippen molar-refractivity contribution in [1.82, 2.24) is 4.90 Å². The standard InChI is InChI=1S/C13H19FN2O2/c1-16(8-6-12(15)13(17)18)7-5-10-3-2-4-11(14)9-10/h2-4,9,12H,5-8,15H2,1H3,(H,17,18). The SMILES string of the molecule is CN(CCc1cccc(F)c1)CCC(N)C(=O)O. The predicted octanol–water partition coefficient (Wildman–Crippen LogP) is 1.10. The van der Waals surface area contributed by atoms with Gasteiger partial charge in [0.05, 0.1) is 0 Å². The number of carboxylic acids is 1. The van der Waals surface area contributed by atoms with Crippen molar-refractivity contribution in [1.29, 1.82) is 0 Å². The molecule has 1 aromatic carbocycles. The topological polar surface area (TPSA) is 66.6 Å². The number of rotatable bonds is 7. The third-order valence-corrected chi connectivity index (χ3v) is 2.81. The van der Waals surface area contributed by atoms with E-state index < -0.39 is 12.0 Å². The van der Waals surface area contributed by atoms with E-state index >= 15 is 0 Å². The molecule has 4 nitrogen and oxygen atoms in total. The molecule has 0 spiro atoms. The minimum atomic E-state index is -0.978. The molecule has 0 bridgehead atoms. The number of nitrogens with zero attached hydrogens (tertiary/aromatic N) is 1. The van der Waals surface area contributed by atoms with Gasteiger partial charge in [-0.05, 0) is 44.1 Å². The van der Waals surface area contributed by atoms with Crippen LogP contribution >= 0.6 is 0 Å². The first-order valence-corrected chi connectivity index (χ1v) is 5.90. The minimum Gasteiger partial charge on any atom is -0.480 e. The normalized spacial score (nSPS) is 12.7. The molecule has 0 heterocycles. The number of benzene rings is 1. The molecule has 0 saturated carbocycles. The molecule has 0 aliphatic carbocycles. The average molecular weight is 254 g/mol. The number of hydrogen-bond acceptors (Lipinski definition) is 3. The molecule has 3 N–H and O–H groups in total. The van der Waals surface area contributed by atoms with Crippen LogP contribution in [0.3, 0.4) is 0 Å². The molecular formula is C13H19FN2O2. The van der Waals surface area contributed by atoms with Gasteiger partial charge in [-0.1, -0.05) is 12.1 Å². The Bertz CT molecular complexity index is 398. The molecule has 0 amide bonds. The molecule has 0 fully saturated rings. The lowest BCUT2D eigenvalue weighted by Gasteiger charge is -2.17. The van der Waals surface area contributed by atoms with Crippen LogP contribution in [0.25, 0.3) is 0 Å². The molecule has 1 aromatic rings. The maximum Gasteiger partial charge on any atom is 0.320 e. The summed E-state index contributed by atoms with van der Waals surface area (Å²) >= 11 is 0. The van der Waals surface area contributed by atoms with Crippen molar-refractivity contribution in [3.63, 3.8) is 0 Å². The van der Waals surface area contributed by atoms with Gasteiger partial charge < -0.3 is 15.7 Å². The largest absolute Gasteiger partial charge is 0.480 e. The fourth-order valence-electron chi connectivity index (χ4n) is 1.61. The van der Waals surface area contributed by atoms with Gasteiger partial charge in [0.15, 0.2) is 0 Å². The lowest BCUT2D eigenvalue weighted by atomic mass is 10.1. The maximum absolute atomic E-state index is 12.9. The summed E-state index contributed by atoms with van der Waals surface area (Å²) in [5.74, 6) is -1.21. The molecule has 100 valence electrons. The van der Waals surface area contributed by atoms with Crippen LogP contribution in [0, 0.1) is 5.82 Å². The second-order valence-corrected chi connectivity index (χ2v) is 4.42. The summed E-state index contributed by atoms with van der Waals surface area (Å²) in [6.07, 6.45) is 1.14. The lowest BCUT2D eigenvalue weighted by molar-refractivity contribution is -0.138. The summed E-state index contributed by atoms with van der Waals surface area (Å²) in [4.78, 5) is 12.5. The van der Waals surface area contributed by atoms with Crippen LogP contribution in [0.5, 0.6) is 0 Å². The Labute approximate surface area is 106 Å². The summed E-state index contributed by atoms with van der Waals surface area (Å²) in [6.45, 7) is 1.36. The van der Waals surface area contributed by atoms with E-state index in [4.69, 9.17) is 10.8 Å². The number of hydrogen-bond donors (Lipinski definition) is 2. The van der Waals surface area contributed by atoms with Crippen LogP contribution in [0.15, 0.2) is 24.3 Å². The second-order valence-electron chi connectivity index (χ2n) is 4.42. The summed E-state index contributed by atoms with van der Waals surface area (Å²) in [7, 11) is 1.90. The zero-order chi connectivity index (χ0) is 13.5. The van der Waals surface area contributed by atoms with Gasteiger partial charge in [-0.3, -0.25) is 4.79 Å². The average Bonchev–Trinajstić information content (AvgIpc) is 2.33. The van der Waals surface area contributed by atoms with Crippen molar-refractivity contribution in [2.24, 2.45) is 5.73 Å². The van der Waals surface area contributed by atoms with E-state index in [1.165, 1.54) is 12.1 Å². The zero-order valence-electron chi connectivity index (χ0n) is 10.5. The third-order valence-electron chi connectivity index (χ3n) is 2.81. The number of carboxylic acid groups (broad SMARTS) is 1. The Morgan fingerprint density at radius 3 is 2.83 bits per heavy atom. The fraction of sp³-hybridized carbons (Fsp3) is 0.462. The maximum atomic E-state index is 12.9. The highest BCUT2D eigenvalue weighted by Gasteiger charge is 2.11. The Balaban J connectivity index is 2.29. The van der Waals surface area contributed by atoms with E-state index in [1.54, 1.807) is 6.07 Å². The second kappa shape index (κ2) is 7.08. The Hall–Kier alpha value is -1.46. The molecule has 1 rings (SSSR count). The van der Waals surface area contributed by atoms with Crippen LogP contribution in [0.2, 0.25) is 0 Å². The highest BCUT2D eigenvalue weighted by atomic mass is 19.1. The summed E-state index contributed by atoms with van der Waals surface area (Å²) in [6, 6.07) is 5.67. The molecule has 0 aliphatic rings. The van der Waals surface area contributed by atoms with Crippen LogP contribution in [-0.2, 0) is 11.2 Å². The van der Waals surface area contributed by atoms with Crippen LogP contribution in [-0.4, -0.2) is 42.2 Å². The van der Waals surface area contributed by atoms with Gasteiger partial charge in [0, 0.05) is 6.54 Å². The molecular weight excluding hydrogens is 235 g/mol. The van der Waals surface area contributed by atoms with E-state index in [0.717, 1.165) is 18.5 Å². The molecule has 18 heavy (non-hydrogen) atoms. The van der Waals surface area contributed by atoms with Crippen molar-refractivity contribution < 1.29 is 14.3 Å². The van der Waals surface area contributed by atoms with Crippen molar-refractivity contribution in [3.05, 3.63) is 35.6 Å². The Kier molecular flexibility index (Phi) is 5.74. The van der Waals surface area contributed by atoms with Gasteiger partial charge in [-0.25, -0.2) is 4.39 Å². The van der Waals surface area contributed by atoms with E-state index in [2.05, 4.69) is 0 Å². The van der Waals surface area contributed by atoms with Gasteiger partial charge >= 0.3 is 5.97 Å². The Morgan fingerprint density at radius 1 is 1.50 bits per heavy atom. The van der Waals surface area contributed by atoms with Crippen LogP contribution < -0.4 is 5.73 Å². The Morgan fingerprint density at radius 2 is 2.22 bits per heavy atom.